The van der Waals surface area contributed by atoms with Crippen LogP contribution in [0.15, 0.2) is 35.3 Å². The Hall–Kier alpha value is -1.05. The molecule has 2 rings (SSSR count). The average Bonchev–Trinajstić information content (AvgIpc) is 2.68. The summed E-state index contributed by atoms with van der Waals surface area (Å²) in [4.78, 5) is 8.91. The zero-order valence-corrected chi connectivity index (χ0v) is 9.98. The number of aromatic nitrogens is 1. The second-order valence-corrected chi connectivity index (χ2v) is 5.03. The van der Waals surface area contributed by atoms with Crippen molar-refractivity contribution in [3.05, 3.63) is 35.3 Å². The van der Waals surface area contributed by atoms with E-state index in [9.17, 15) is 0 Å². The molecule has 2 aromatic rings. The fourth-order valence-electron chi connectivity index (χ4n) is 1.21. The van der Waals surface area contributed by atoms with Crippen LogP contribution in [0.25, 0.3) is 11.3 Å². The molecule has 0 aliphatic carbocycles. The third-order valence-electron chi connectivity index (χ3n) is 1.94. The Balaban J connectivity index is 2.34. The standard InChI is InChI=1S/C11H12N2Se/c1-13(2)11-12-10(8-14-11)9-6-4-3-5-7-9/h3-8H,1-2H3. The monoisotopic (exact) mass is 252 g/mol. The maximum atomic E-state index is 4.59. The van der Waals surface area contributed by atoms with Crippen LogP contribution in [0.2, 0.25) is 0 Å². The van der Waals surface area contributed by atoms with Crippen molar-refractivity contribution in [3.63, 3.8) is 0 Å². The van der Waals surface area contributed by atoms with Crippen molar-refractivity contribution in [1.29, 1.82) is 0 Å². The van der Waals surface area contributed by atoms with Gasteiger partial charge >= 0.3 is 89.7 Å². The van der Waals surface area contributed by atoms with Crippen LogP contribution >= 0.6 is 0 Å². The van der Waals surface area contributed by atoms with Crippen molar-refractivity contribution in [1.82, 2.24) is 4.98 Å². The van der Waals surface area contributed by atoms with Crippen molar-refractivity contribution in [2.45, 2.75) is 0 Å². The molecule has 14 heavy (non-hydrogen) atoms. The van der Waals surface area contributed by atoms with Gasteiger partial charge in [0.1, 0.15) is 0 Å². The number of rotatable bonds is 2. The van der Waals surface area contributed by atoms with E-state index in [4.69, 9.17) is 0 Å². The van der Waals surface area contributed by atoms with Crippen LogP contribution in [-0.4, -0.2) is 33.6 Å². The average molecular weight is 251 g/mol. The van der Waals surface area contributed by atoms with E-state index in [2.05, 4.69) is 27.0 Å². The van der Waals surface area contributed by atoms with E-state index in [0.29, 0.717) is 14.5 Å². The van der Waals surface area contributed by atoms with Crippen LogP contribution < -0.4 is 4.90 Å². The van der Waals surface area contributed by atoms with Gasteiger partial charge in [-0.1, -0.05) is 0 Å². The summed E-state index contributed by atoms with van der Waals surface area (Å²) < 4.78 is 1.19. The van der Waals surface area contributed by atoms with E-state index >= 15 is 0 Å². The van der Waals surface area contributed by atoms with E-state index in [1.165, 1.54) is 10.3 Å². The summed E-state index contributed by atoms with van der Waals surface area (Å²) in [6, 6.07) is 10.3. The van der Waals surface area contributed by atoms with Crippen molar-refractivity contribution in [2.24, 2.45) is 0 Å². The van der Waals surface area contributed by atoms with Crippen LogP contribution in [0, 0.1) is 0 Å². The molecule has 0 radical (unpaired) electrons. The first-order chi connectivity index (χ1) is 6.77. The number of nitrogens with zero attached hydrogens (tertiary/aromatic N) is 2. The predicted molar refractivity (Wildman–Crippen MR) is 60.9 cm³/mol. The molecule has 0 saturated heterocycles. The fraction of sp³-hybridized carbons (Fsp3) is 0.182. The minimum absolute atomic E-state index is 0.397. The van der Waals surface area contributed by atoms with Crippen LogP contribution in [0.5, 0.6) is 0 Å². The van der Waals surface area contributed by atoms with Gasteiger partial charge < -0.3 is 0 Å². The molecule has 1 heterocycles. The minimum atomic E-state index is 0.397. The first-order valence-electron chi connectivity index (χ1n) is 4.45. The van der Waals surface area contributed by atoms with Crippen molar-refractivity contribution in [2.75, 3.05) is 19.0 Å². The maximum absolute atomic E-state index is 4.59. The molecule has 0 bridgehead atoms. The number of benzene rings is 1. The second-order valence-electron chi connectivity index (χ2n) is 3.28. The molecule has 72 valence electrons. The molecule has 0 unspecified atom stereocenters. The van der Waals surface area contributed by atoms with Crippen LogP contribution in [-0.2, 0) is 0 Å². The van der Waals surface area contributed by atoms with Gasteiger partial charge in [0.25, 0.3) is 0 Å². The molecule has 1 aromatic carbocycles. The molecule has 0 fully saturated rings. The number of anilines is 1. The molecule has 0 saturated carbocycles. The molecule has 2 nitrogen and oxygen atoms in total. The van der Waals surface area contributed by atoms with Gasteiger partial charge in [0.2, 0.25) is 0 Å². The third-order valence-corrected chi connectivity index (χ3v) is 4.06. The molecule has 0 atom stereocenters. The molecular formula is C11H12N2Se. The number of hydrogen-bond acceptors (Lipinski definition) is 2. The van der Waals surface area contributed by atoms with E-state index in [0.717, 1.165) is 5.69 Å². The van der Waals surface area contributed by atoms with Gasteiger partial charge in [0.15, 0.2) is 0 Å². The van der Waals surface area contributed by atoms with Gasteiger partial charge in [-0.05, 0) is 0 Å². The normalized spacial score (nSPS) is 10.1. The zero-order chi connectivity index (χ0) is 9.97. The van der Waals surface area contributed by atoms with Gasteiger partial charge in [-0.2, -0.15) is 0 Å². The van der Waals surface area contributed by atoms with E-state index in [1.54, 1.807) is 0 Å². The Kier molecular flexibility index (Phi) is 2.71. The Morgan fingerprint density at radius 2 is 1.86 bits per heavy atom. The Labute approximate surface area is 90.0 Å². The Bertz CT molecular complexity index is 406. The molecule has 0 N–H and O–H groups in total. The van der Waals surface area contributed by atoms with Gasteiger partial charge in [0, 0.05) is 0 Å². The summed E-state index contributed by atoms with van der Waals surface area (Å²) in [6.07, 6.45) is 0. The van der Waals surface area contributed by atoms with E-state index in [-0.39, 0.29) is 0 Å². The number of hydrogen-bond donors (Lipinski definition) is 0. The van der Waals surface area contributed by atoms with Gasteiger partial charge in [-0.25, -0.2) is 0 Å². The summed E-state index contributed by atoms with van der Waals surface area (Å²) in [5.41, 5.74) is 2.33. The quantitative estimate of drug-likeness (QED) is 0.757. The third kappa shape index (κ3) is 1.89. The molecule has 3 heteroatoms. The fourth-order valence-corrected chi connectivity index (χ4v) is 2.82. The van der Waals surface area contributed by atoms with Crippen molar-refractivity contribution >= 4 is 19.2 Å². The van der Waals surface area contributed by atoms with Crippen molar-refractivity contribution in [3.8, 4) is 11.3 Å². The summed E-state index contributed by atoms with van der Waals surface area (Å²) in [7, 11) is 4.09. The summed E-state index contributed by atoms with van der Waals surface area (Å²) in [6.45, 7) is 0. The van der Waals surface area contributed by atoms with Gasteiger partial charge in [0.05, 0.1) is 0 Å². The first-order valence-corrected chi connectivity index (χ1v) is 6.30. The molecule has 0 amide bonds. The van der Waals surface area contributed by atoms with Crippen molar-refractivity contribution < 1.29 is 0 Å². The van der Waals surface area contributed by atoms with Gasteiger partial charge in [-0.3, -0.25) is 0 Å². The summed E-state index contributed by atoms with van der Waals surface area (Å²) in [5, 5.41) is 0. The summed E-state index contributed by atoms with van der Waals surface area (Å²) >= 11 is 0.397. The van der Waals surface area contributed by atoms with Crippen LogP contribution in [0.4, 0.5) is 4.69 Å². The molecule has 0 spiro atoms. The van der Waals surface area contributed by atoms with E-state index in [1.807, 2.05) is 32.3 Å². The van der Waals surface area contributed by atoms with Crippen LogP contribution in [0.3, 0.4) is 0 Å². The second kappa shape index (κ2) is 3.99. The SMILES string of the molecule is CN(C)c1nc(-c2ccccc2)c[se]1. The van der Waals surface area contributed by atoms with Gasteiger partial charge in [-0.15, -0.1) is 0 Å². The molecular weight excluding hydrogens is 239 g/mol. The molecule has 0 aliphatic heterocycles. The van der Waals surface area contributed by atoms with Crippen LogP contribution in [0.1, 0.15) is 0 Å². The Morgan fingerprint density at radius 3 is 2.43 bits per heavy atom. The molecule has 1 aromatic heterocycles. The molecule has 0 aliphatic rings. The Morgan fingerprint density at radius 1 is 1.14 bits per heavy atom. The topological polar surface area (TPSA) is 16.1 Å². The van der Waals surface area contributed by atoms with E-state index < -0.39 is 0 Å². The zero-order valence-electron chi connectivity index (χ0n) is 8.27. The summed E-state index contributed by atoms with van der Waals surface area (Å²) in [5.74, 6) is 0. The first kappa shape index (κ1) is 9.50. The predicted octanol–water partition coefficient (Wildman–Crippen LogP) is 1.87.